The number of nitriles is 1. The third kappa shape index (κ3) is 4.35. The van der Waals surface area contributed by atoms with E-state index in [1.54, 1.807) is 30.5 Å². The maximum atomic E-state index is 12.9. The molecule has 0 unspecified atom stereocenters. The summed E-state index contributed by atoms with van der Waals surface area (Å²) < 4.78 is 0. The van der Waals surface area contributed by atoms with Crippen LogP contribution in [-0.2, 0) is 4.79 Å². The average molecular weight is 402 g/mol. The molecule has 4 rings (SSSR count). The lowest BCUT2D eigenvalue weighted by Crippen LogP contribution is -2.47. The molecule has 2 fully saturated rings. The second kappa shape index (κ2) is 9.08. The smallest absolute Gasteiger partial charge is 0.253 e. The minimum atomic E-state index is 0.00338. The van der Waals surface area contributed by atoms with E-state index in [1.165, 1.54) is 0 Å². The summed E-state index contributed by atoms with van der Waals surface area (Å²) in [5.74, 6) is 0.381. The van der Waals surface area contributed by atoms with Crippen LogP contribution in [0.1, 0.15) is 54.4 Å². The van der Waals surface area contributed by atoms with Crippen LogP contribution in [0, 0.1) is 17.2 Å². The molecule has 0 radical (unpaired) electrons. The Morgan fingerprint density at radius 3 is 2.40 bits per heavy atom. The zero-order chi connectivity index (χ0) is 20.9. The van der Waals surface area contributed by atoms with Crippen molar-refractivity contribution in [3.8, 4) is 17.3 Å². The SMILES string of the molecule is N#Cc1cccnc1-c1ccc(C(=O)N2CCC(NC(=O)C3CCCC3)CC2)cc1. The molecule has 2 aliphatic rings. The third-order valence-electron chi connectivity index (χ3n) is 6.19. The first kappa shape index (κ1) is 20.1. The van der Waals surface area contributed by atoms with Crippen molar-refractivity contribution >= 4 is 11.8 Å². The van der Waals surface area contributed by atoms with E-state index in [0.717, 1.165) is 44.1 Å². The Labute approximate surface area is 176 Å². The van der Waals surface area contributed by atoms with Gasteiger partial charge >= 0.3 is 0 Å². The molecule has 1 saturated carbocycles. The molecule has 0 spiro atoms. The van der Waals surface area contributed by atoms with Gasteiger partial charge in [-0.1, -0.05) is 25.0 Å². The van der Waals surface area contributed by atoms with E-state index in [2.05, 4.69) is 16.4 Å². The lowest BCUT2D eigenvalue weighted by molar-refractivity contribution is -0.125. The standard InChI is InChI=1S/C24H26N4O2/c25-16-20-6-3-13-26-22(20)17-7-9-19(10-8-17)24(30)28-14-11-21(12-15-28)27-23(29)18-4-1-2-5-18/h3,6-10,13,18,21H,1-2,4-5,11-12,14-15H2,(H,27,29). The van der Waals surface area contributed by atoms with E-state index in [4.69, 9.17) is 0 Å². The molecule has 1 N–H and O–H groups in total. The molecule has 154 valence electrons. The van der Waals surface area contributed by atoms with Gasteiger partial charge in [-0.25, -0.2) is 0 Å². The summed E-state index contributed by atoms with van der Waals surface area (Å²) >= 11 is 0. The van der Waals surface area contributed by atoms with Gasteiger partial charge in [-0.15, -0.1) is 0 Å². The predicted molar refractivity (Wildman–Crippen MR) is 113 cm³/mol. The minimum absolute atomic E-state index is 0.00338. The number of nitrogens with one attached hydrogen (secondary N) is 1. The fourth-order valence-corrected chi connectivity index (χ4v) is 4.41. The summed E-state index contributed by atoms with van der Waals surface area (Å²) in [6, 6.07) is 13.0. The van der Waals surface area contributed by atoms with Crippen LogP contribution in [0.5, 0.6) is 0 Å². The largest absolute Gasteiger partial charge is 0.353 e. The van der Waals surface area contributed by atoms with Crippen molar-refractivity contribution in [1.29, 1.82) is 5.26 Å². The number of carbonyl (C=O) groups excluding carboxylic acids is 2. The van der Waals surface area contributed by atoms with Gasteiger partial charge in [-0.2, -0.15) is 5.26 Å². The molecule has 1 aliphatic heterocycles. The van der Waals surface area contributed by atoms with Crippen LogP contribution in [0.15, 0.2) is 42.6 Å². The molecule has 2 aromatic rings. The first-order valence-corrected chi connectivity index (χ1v) is 10.7. The van der Waals surface area contributed by atoms with Crippen molar-refractivity contribution in [3.63, 3.8) is 0 Å². The van der Waals surface area contributed by atoms with Gasteiger partial charge in [0.2, 0.25) is 5.91 Å². The summed E-state index contributed by atoms with van der Waals surface area (Å²) in [6.45, 7) is 1.30. The Hall–Kier alpha value is -3.20. The summed E-state index contributed by atoms with van der Waals surface area (Å²) in [5.41, 5.74) is 2.58. The van der Waals surface area contributed by atoms with Crippen molar-refractivity contribution in [1.82, 2.24) is 15.2 Å². The number of nitrogens with zero attached hydrogens (tertiary/aromatic N) is 3. The Kier molecular flexibility index (Phi) is 6.08. The molecule has 1 aromatic carbocycles. The molecular formula is C24H26N4O2. The number of pyridine rings is 1. The molecule has 6 heteroatoms. The molecule has 2 amide bonds. The monoisotopic (exact) mass is 402 g/mol. The van der Waals surface area contributed by atoms with Gasteiger partial charge in [0.15, 0.2) is 0 Å². The number of carbonyl (C=O) groups is 2. The number of rotatable bonds is 4. The molecule has 30 heavy (non-hydrogen) atoms. The lowest BCUT2D eigenvalue weighted by Gasteiger charge is -2.33. The van der Waals surface area contributed by atoms with Crippen molar-refractivity contribution < 1.29 is 9.59 Å². The highest BCUT2D eigenvalue weighted by atomic mass is 16.2. The molecule has 1 aliphatic carbocycles. The number of aromatic nitrogens is 1. The maximum absolute atomic E-state index is 12.9. The Balaban J connectivity index is 1.34. The topological polar surface area (TPSA) is 86.1 Å². The van der Waals surface area contributed by atoms with E-state index in [-0.39, 0.29) is 23.8 Å². The van der Waals surface area contributed by atoms with Gasteiger partial charge in [-0.05, 0) is 49.9 Å². The van der Waals surface area contributed by atoms with Crippen LogP contribution in [0.4, 0.5) is 0 Å². The van der Waals surface area contributed by atoms with Gasteiger partial charge in [-0.3, -0.25) is 14.6 Å². The molecule has 0 atom stereocenters. The van der Waals surface area contributed by atoms with Crippen LogP contribution >= 0.6 is 0 Å². The Bertz CT molecular complexity index is 950. The highest BCUT2D eigenvalue weighted by Gasteiger charge is 2.28. The van der Waals surface area contributed by atoms with Crippen molar-refractivity contribution in [3.05, 3.63) is 53.7 Å². The Morgan fingerprint density at radius 2 is 1.73 bits per heavy atom. The summed E-state index contributed by atoms with van der Waals surface area (Å²) in [6.07, 6.45) is 7.57. The molecule has 6 nitrogen and oxygen atoms in total. The van der Waals surface area contributed by atoms with Crippen molar-refractivity contribution in [2.75, 3.05) is 13.1 Å². The first-order chi connectivity index (χ1) is 14.7. The predicted octanol–water partition coefficient (Wildman–Crippen LogP) is 3.53. The second-order valence-corrected chi connectivity index (χ2v) is 8.15. The zero-order valence-corrected chi connectivity index (χ0v) is 17.0. The molecular weight excluding hydrogens is 376 g/mol. The first-order valence-electron chi connectivity index (χ1n) is 10.7. The quantitative estimate of drug-likeness (QED) is 0.848. The van der Waals surface area contributed by atoms with Crippen LogP contribution < -0.4 is 5.32 Å². The van der Waals surface area contributed by atoms with Crippen molar-refractivity contribution in [2.24, 2.45) is 5.92 Å². The fourth-order valence-electron chi connectivity index (χ4n) is 4.41. The third-order valence-corrected chi connectivity index (χ3v) is 6.19. The fraction of sp³-hybridized carbons (Fsp3) is 0.417. The van der Waals surface area contributed by atoms with E-state index < -0.39 is 0 Å². The molecule has 2 heterocycles. The molecule has 1 saturated heterocycles. The van der Waals surface area contributed by atoms with Crippen molar-refractivity contribution in [2.45, 2.75) is 44.6 Å². The van der Waals surface area contributed by atoms with E-state index in [1.807, 2.05) is 17.0 Å². The van der Waals surface area contributed by atoms with Crippen LogP contribution in [0.2, 0.25) is 0 Å². The number of piperidine rings is 1. The normalized spacial score (nSPS) is 17.5. The second-order valence-electron chi connectivity index (χ2n) is 8.15. The van der Waals surface area contributed by atoms with Gasteiger partial charge in [0.1, 0.15) is 6.07 Å². The summed E-state index contributed by atoms with van der Waals surface area (Å²) in [7, 11) is 0. The van der Waals surface area contributed by atoms with E-state index in [0.29, 0.717) is 29.9 Å². The molecule has 0 bridgehead atoms. The number of hydrogen-bond donors (Lipinski definition) is 1. The lowest BCUT2D eigenvalue weighted by atomic mass is 10.0. The number of likely N-dealkylation sites (tertiary alicyclic amines) is 1. The van der Waals surface area contributed by atoms with Gasteiger partial charge in [0, 0.05) is 42.4 Å². The van der Waals surface area contributed by atoms with E-state index >= 15 is 0 Å². The number of hydrogen-bond acceptors (Lipinski definition) is 4. The van der Waals surface area contributed by atoms with E-state index in [9.17, 15) is 14.9 Å². The van der Waals surface area contributed by atoms with Crippen LogP contribution in [0.3, 0.4) is 0 Å². The van der Waals surface area contributed by atoms with Gasteiger partial charge in [0.25, 0.3) is 5.91 Å². The maximum Gasteiger partial charge on any atom is 0.253 e. The summed E-state index contributed by atoms with van der Waals surface area (Å²) in [5, 5.41) is 12.4. The minimum Gasteiger partial charge on any atom is -0.353 e. The van der Waals surface area contributed by atoms with Crippen LogP contribution in [-0.4, -0.2) is 40.8 Å². The van der Waals surface area contributed by atoms with Gasteiger partial charge < -0.3 is 10.2 Å². The average Bonchev–Trinajstić information content (AvgIpc) is 3.34. The Morgan fingerprint density at radius 1 is 1.03 bits per heavy atom. The number of amides is 2. The zero-order valence-electron chi connectivity index (χ0n) is 17.0. The van der Waals surface area contributed by atoms with Gasteiger partial charge in [0.05, 0.1) is 11.3 Å². The highest BCUT2D eigenvalue weighted by Crippen LogP contribution is 2.26. The summed E-state index contributed by atoms with van der Waals surface area (Å²) in [4.78, 5) is 31.4. The van der Waals surface area contributed by atoms with Crippen LogP contribution in [0.25, 0.3) is 11.3 Å². The number of benzene rings is 1. The highest BCUT2D eigenvalue weighted by molar-refractivity contribution is 5.94. The molecule has 1 aromatic heterocycles.